The van der Waals surface area contributed by atoms with Crippen molar-refractivity contribution in [2.24, 2.45) is 10.8 Å². The van der Waals surface area contributed by atoms with E-state index in [1.807, 2.05) is 13.8 Å². The first kappa shape index (κ1) is 10.2. The standard InChI is InChI=1S/C3H7N3.C2H6/c1-2-5-3-6-4;1-2/h2-3H,1,4H2,(H,5,6);1-2H3. The number of nitrogens with two attached hydrogens (primary N) is 1. The van der Waals surface area contributed by atoms with Gasteiger partial charge in [-0.1, -0.05) is 20.4 Å². The quantitative estimate of drug-likeness (QED) is 0.240. The third-order valence-corrected chi connectivity index (χ3v) is 0.254. The number of hydrazine groups is 1. The van der Waals surface area contributed by atoms with Crippen LogP contribution in [0, 0.1) is 0 Å². The molecule has 0 heterocycles. The predicted octanol–water partition coefficient (Wildman–Crippen LogP) is 0.648. The summed E-state index contributed by atoms with van der Waals surface area (Å²) >= 11 is 0. The Morgan fingerprint density at radius 1 is 1.62 bits per heavy atom. The van der Waals surface area contributed by atoms with E-state index in [0.717, 1.165) is 0 Å². The maximum absolute atomic E-state index is 4.77. The fourth-order valence-electron chi connectivity index (χ4n) is 0.0957. The summed E-state index contributed by atoms with van der Waals surface area (Å²) in [5.74, 6) is 4.77. The van der Waals surface area contributed by atoms with Crippen LogP contribution in [0.25, 0.3) is 0 Å². The van der Waals surface area contributed by atoms with Crippen molar-refractivity contribution in [2.45, 2.75) is 13.8 Å². The van der Waals surface area contributed by atoms with Crippen molar-refractivity contribution in [1.29, 1.82) is 0 Å². The summed E-state index contributed by atoms with van der Waals surface area (Å²) in [5, 5.41) is 0. The Hall–Kier alpha value is -0.830. The molecule has 0 unspecified atom stereocenters. The molecule has 0 rings (SSSR count). The molecule has 0 aromatic carbocycles. The van der Waals surface area contributed by atoms with Gasteiger partial charge in [-0.05, 0) is 0 Å². The molecule has 0 atom stereocenters. The van der Waals surface area contributed by atoms with Gasteiger partial charge in [-0.2, -0.15) is 0 Å². The van der Waals surface area contributed by atoms with E-state index < -0.39 is 0 Å². The number of hydrogen-bond acceptors (Lipinski definition) is 2. The molecule has 3 N–H and O–H groups in total. The fraction of sp³-hybridized carbons (Fsp3) is 0.400. The normalized spacial score (nSPS) is 7.38. The number of rotatable bonds is 2. The molecule has 0 bridgehead atoms. The molecule has 0 aliphatic carbocycles. The molecule has 3 nitrogen and oxygen atoms in total. The zero-order chi connectivity index (χ0) is 6.83. The Kier molecular flexibility index (Phi) is 20.9. The van der Waals surface area contributed by atoms with Crippen LogP contribution in [-0.4, -0.2) is 6.34 Å². The van der Waals surface area contributed by atoms with Crippen LogP contribution < -0.4 is 11.3 Å². The van der Waals surface area contributed by atoms with Crippen LogP contribution >= 0.6 is 0 Å². The van der Waals surface area contributed by atoms with Crippen molar-refractivity contribution in [3.8, 4) is 0 Å². The summed E-state index contributed by atoms with van der Waals surface area (Å²) in [6.07, 6.45) is 2.73. The van der Waals surface area contributed by atoms with Crippen LogP contribution in [0.2, 0.25) is 0 Å². The lowest BCUT2D eigenvalue weighted by atomic mass is 11.0. The summed E-state index contributed by atoms with van der Waals surface area (Å²) in [5.41, 5.74) is 2.21. The molecular weight excluding hydrogens is 102 g/mol. The van der Waals surface area contributed by atoms with Crippen LogP contribution in [-0.2, 0) is 0 Å². The van der Waals surface area contributed by atoms with Crippen molar-refractivity contribution in [2.75, 3.05) is 0 Å². The van der Waals surface area contributed by atoms with E-state index in [2.05, 4.69) is 17.0 Å². The summed E-state index contributed by atoms with van der Waals surface area (Å²) in [7, 11) is 0. The number of nitrogens with zero attached hydrogens (tertiary/aromatic N) is 1. The lowest BCUT2D eigenvalue weighted by molar-refractivity contribution is 1.05. The van der Waals surface area contributed by atoms with Gasteiger partial charge in [0.05, 0.1) is 0 Å². The molecule has 0 radical (unpaired) electrons. The lowest BCUT2D eigenvalue weighted by Gasteiger charge is -1.76. The first-order valence-corrected chi connectivity index (χ1v) is 2.50. The molecule has 48 valence electrons. The van der Waals surface area contributed by atoms with Gasteiger partial charge < -0.3 is 5.43 Å². The molecule has 0 aromatic rings. The maximum Gasteiger partial charge on any atom is 0.102 e. The molecule has 0 aliphatic rings. The van der Waals surface area contributed by atoms with Crippen LogP contribution in [0.15, 0.2) is 17.8 Å². The molecule has 0 spiro atoms. The van der Waals surface area contributed by atoms with E-state index in [9.17, 15) is 0 Å². The van der Waals surface area contributed by atoms with Crippen molar-refractivity contribution in [3.05, 3.63) is 12.8 Å². The maximum atomic E-state index is 4.77. The van der Waals surface area contributed by atoms with E-state index in [-0.39, 0.29) is 0 Å². The fourth-order valence-corrected chi connectivity index (χ4v) is 0.0957. The van der Waals surface area contributed by atoms with Gasteiger partial charge in [0, 0.05) is 6.20 Å². The van der Waals surface area contributed by atoms with Crippen LogP contribution in [0.4, 0.5) is 0 Å². The average Bonchev–Trinajstić information content (AvgIpc) is 1.88. The second-order valence-electron chi connectivity index (χ2n) is 0.627. The lowest BCUT2D eigenvalue weighted by Crippen LogP contribution is -2.18. The van der Waals surface area contributed by atoms with E-state index in [1.54, 1.807) is 0 Å². The molecule has 0 aliphatic heterocycles. The highest BCUT2D eigenvalue weighted by Crippen LogP contribution is 1.55. The topological polar surface area (TPSA) is 50.4 Å². The van der Waals surface area contributed by atoms with Gasteiger partial charge in [0.2, 0.25) is 0 Å². The van der Waals surface area contributed by atoms with Crippen molar-refractivity contribution in [1.82, 2.24) is 5.43 Å². The number of hydrogen-bond donors (Lipinski definition) is 2. The van der Waals surface area contributed by atoms with Gasteiger partial charge in [-0.15, -0.1) is 0 Å². The minimum absolute atomic E-state index is 1.34. The van der Waals surface area contributed by atoms with Gasteiger partial charge in [0.15, 0.2) is 0 Å². The van der Waals surface area contributed by atoms with E-state index in [1.165, 1.54) is 12.5 Å². The van der Waals surface area contributed by atoms with Crippen molar-refractivity contribution >= 4 is 6.34 Å². The minimum atomic E-state index is 1.34. The Bertz CT molecular complexity index is 58.7. The second-order valence-corrected chi connectivity index (χ2v) is 0.627. The highest BCUT2D eigenvalue weighted by molar-refractivity contribution is 5.53. The zero-order valence-corrected chi connectivity index (χ0v) is 5.39. The highest BCUT2D eigenvalue weighted by atomic mass is 15.2. The summed E-state index contributed by atoms with van der Waals surface area (Å²) in [6, 6.07) is 0. The van der Waals surface area contributed by atoms with Crippen LogP contribution in [0.1, 0.15) is 13.8 Å². The Balaban J connectivity index is 0. The molecule has 0 amide bonds. The smallest absolute Gasteiger partial charge is 0.102 e. The van der Waals surface area contributed by atoms with Crippen molar-refractivity contribution in [3.63, 3.8) is 0 Å². The first-order valence-electron chi connectivity index (χ1n) is 2.50. The Morgan fingerprint density at radius 3 is 2.25 bits per heavy atom. The van der Waals surface area contributed by atoms with E-state index >= 15 is 0 Å². The van der Waals surface area contributed by atoms with Gasteiger partial charge in [0.25, 0.3) is 0 Å². The zero-order valence-electron chi connectivity index (χ0n) is 5.39. The van der Waals surface area contributed by atoms with Crippen LogP contribution in [0.3, 0.4) is 0 Å². The molecular formula is C5H13N3. The molecule has 0 fully saturated rings. The summed E-state index contributed by atoms with van der Waals surface area (Å²) < 4.78 is 0. The Morgan fingerprint density at radius 2 is 2.12 bits per heavy atom. The SMILES string of the molecule is C=CN=CNN.CC. The van der Waals surface area contributed by atoms with E-state index in [0.29, 0.717) is 0 Å². The molecule has 8 heavy (non-hydrogen) atoms. The Labute approximate surface area is 50.3 Å². The molecule has 0 aromatic heterocycles. The average molecular weight is 115 g/mol. The largest absolute Gasteiger partial charge is 0.315 e. The summed E-state index contributed by atoms with van der Waals surface area (Å²) in [6.45, 7) is 7.30. The van der Waals surface area contributed by atoms with Gasteiger partial charge in [0.1, 0.15) is 6.34 Å². The number of aliphatic imine (C=N–C) groups is 1. The van der Waals surface area contributed by atoms with Gasteiger partial charge >= 0.3 is 0 Å². The van der Waals surface area contributed by atoms with Gasteiger partial charge in [-0.25, -0.2) is 10.8 Å². The number of nitrogens with one attached hydrogen (secondary N) is 1. The van der Waals surface area contributed by atoms with Crippen LogP contribution in [0.5, 0.6) is 0 Å². The third-order valence-electron chi connectivity index (χ3n) is 0.254. The summed E-state index contributed by atoms with van der Waals surface area (Å²) in [4.78, 5) is 3.49. The second kappa shape index (κ2) is 16.4. The minimum Gasteiger partial charge on any atom is -0.315 e. The first-order chi connectivity index (χ1) is 3.91. The van der Waals surface area contributed by atoms with E-state index in [4.69, 9.17) is 5.84 Å². The van der Waals surface area contributed by atoms with Gasteiger partial charge in [-0.3, -0.25) is 0 Å². The molecule has 0 saturated heterocycles. The molecule has 3 heteroatoms. The third kappa shape index (κ3) is 19.1. The molecule has 0 saturated carbocycles. The van der Waals surface area contributed by atoms with Crippen molar-refractivity contribution < 1.29 is 0 Å². The highest BCUT2D eigenvalue weighted by Gasteiger charge is 1.49. The predicted molar refractivity (Wildman–Crippen MR) is 37.4 cm³/mol. The monoisotopic (exact) mass is 115 g/mol.